The number of hydrogen-bond donors (Lipinski definition) is 1. The van der Waals surface area contributed by atoms with Crippen molar-refractivity contribution in [1.29, 1.82) is 0 Å². The van der Waals surface area contributed by atoms with Gasteiger partial charge in [0.2, 0.25) is 0 Å². The molecule has 2 rings (SSSR count). The average molecular weight is 311 g/mol. The van der Waals surface area contributed by atoms with Gasteiger partial charge in [0.05, 0.1) is 12.2 Å². The molecule has 0 saturated heterocycles. The van der Waals surface area contributed by atoms with Crippen LogP contribution in [0.15, 0.2) is 60.7 Å². The first-order valence-corrected chi connectivity index (χ1v) is 7.50. The van der Waals surface area contributed by atoms with Crippen molar-refractivity contribution >= 4 is 11.6 Å². The number of carbonyl (C=O) groups excluding carboxylic acids is 1. The number of nitrogens with one attached hydrogen (secondary N) is 1. The Bertz CT molecular complexity index is 695. The van der Waals surface area contributed by atoms with E-state index >= 15 is 0 Å². The smallest absolute Gasteiger partial charge is 0.259 e. The Balaban J connectivity index is 2.11. The summed E-state index contributed by atoms with van der Waals surface area (Å²) >= 11 is 0. The van der Waals surface area contributed by atoms with Crippen molar-refractivity contribution in [1.82, 2.24) is 0 Å². The maximum Gasteiger partial charge on any atom is 0.259 e. The van der Waals surface area contributed by atoms with Gasteiger partial charge in [-0.3, -0.25) is 4.79 Å². The first kappa shape index (κ1) is 16.6. The van der Waals surface area contributed by atoms with E-state index in [4.69, 9.17) is 9.47 Å². The summed E-state index contributed by atoms with van der Waals surface area (Å²) < 4.78 is 11.1. The maximum atomic E-state index is 12.4. The van der Waals surface area contributed by atoms with Crippen LogP contribution in [0, 0.1) is 0 Å². The van der Waals surface area contributed by atoms with Gasteiger partial charge in [0.1, 0.15) is 18.1 Å². The molecule has 120 valence electrons. The summed E-state index contributed by atoms with van der Waals surface area (Å²) in [7, 11) is 0. The van der Waals surface area contributed by atoms with Crippen LogP contribution in [0.4, 0.5) is 5.69 Å². The highest BCUT2D eigenvalue weighted by molar-refractivity contribution is 6.06. The van der Waals surface area contributed by atoms with E-state index in [2.05, 4.69) is 11.9 Å². The third-order valence-corrected chi connectivity index (χ3v) is 3.01. The van der Waals surface area contributed by atoms with E-state index in [0.29, 0.717) is 36.0 Å². The average Bonchev–Trinajstić information content (AvgIpc) is 2.54. The molecule has 0 bridgehead atoms. The summed E-state index contributed by atoms with van der Waals surface area (Å²) in [5.74, 6) is 1.04. The molecule has 0 heterocycles. The first-order valence-electron chi connectivity index (χ1n) is 7.50. The standard InChI is InChI=1S/C19H21NO3/c1-4-22-18-11-6-5-10-17(18)19(21)20-15-8-7-9-16(12-15)23-13-14(2)3/h5-12H,2,4,13H2,1,3H3,(H,20,21). The van der Waals surface area contributed by atoms with Crippen LogP contribution >= 0.6 is 0 Å². The number of carbonyl (C=O) groups is 1. The van der Waals surface area contributed by atoms with Gasteiger partial charge in [-0.15, -0.1) is 0 Å². The van der Waals surface area contributed by atoms with Crippen LogP contribution in [0.1, 0.15) is 24.2 Å². The van der Waals surface area contributed by atoms with Crippen molar-refractivity contribution in [2.45, 2.75) is 13.8 Å². The Kier molecular flexibility index (Phi) is 5.80. The minimum Gasteiger partial charge on any atom is -0.493 e. The van der Waals surface area contributed by atoms with Gasteiger partial charge < -0.3 is 14.8 Å². The van der Waals surface area contributed by atoms with Gasteiger partial charge in [0, 0.05) is 11.8 Å². The third kappa shape index (κ3) is 4.88. The lowest BCUT2D eigenvalue weighted by Crippen LogP contribution is -2.13. The Morgan fingerprint density at radius 2 is 1.91 bits per heavy atom. The highest BCUT2D eigenvalue weighted by Crippen LogP contribution is 2.22. The summed E-state index contributed by atoms with van der Waals surface area (Å²) in [5.41, 5.74) is 2.10. The fourth-order valence-electron chi connectivity index (χ4n) is 2.00. The van der Waals surface area contributed by atoms with E-state index in [-0.39, 0.29) is 5.91 Å². The van der Waals surface area contributed by atoms with E-state index in [9.17, 15) is 4.79 Å². The fourth-order valence-corrected chi connectivity index (χ4v) is 2.00. The van der Waals surface area contributed by atoms with E-state index in [1.807, 2.05) is 44.2 Å². The summed E-state index contributed by atoms with van der Waals surface area (Å²) in [6.45, 7) is 8.54. The van der Waals surface area contributed by atoms with Gasteiger partial charge in [-0.1, -0.05) is 24.8 Å². The number of amides is 1. The SMILES string of the molecule is C=C(C)COc1cccc(NC(=O)c2ccccc2OCC)c1. The van der Waals surface area contributed by atoms with Gasteiger partial charge in [0.15, 0.2) is 0 Å². The van der Waals surface area contributed by atoms with Gasteiger partial charge in [-0.2, -0.15) is 0 Å². The summed E-state index contributed by atoms with van der Waals surface area (Å²) in [4.78, 5) is 12.4. The van der Waals surface area contributed by atoms with Crippen LogP contribution in [0.2, 0.25) is 0 Å². The molecule has 2 aromatic rings. The second kappa shape index (κ2) is 8.03. The normalized spacial score (nSPS) is 10.0. The largest absolute Gasteiger partial charge is 0.493 e. The molecule has 1 amide bonds. The van der Waals surface area contributed by atoms with Crippen LogP contribution in [-0.2, 0) is 0 Å². The second-order valence-corrected chi connectivity index (χ2v) is 5.16. The summed E-state index contributed by atoms with van der Waals surface area (Å²) in [6, 6.07) is 14.4. The van der Waals surface area contributed by atoms with Crippen molar-refractivity contribution in [3.05, 3.63) is 66.2 Å². The van der Waals surface area contributed by atoms with Crippen LogP contribution < -0.4 is 14.8 Å². The Labute approximate surface area is 136 Å². The highest BCUT2D eigenvalue weighted by atomic mass is 16.5. The number of benzene rings is 2. The number of rotatable bonds is 7. The maximum absolute atomic E-state index is 12.4. The molecule has 2 aromatic carbocycles. The van der Waals surface area contributed by atoms with Crippen LogP contribution in [0.5, 0.6) is 11.5 Å². The minimum atomic E-state index is -0.217. The molecule has 1 N–H and O–H groups in total. The highest BCUT2D eigenvalue weighted by Gasteiger charge is 2.12. The number of anilines is 1. The van der Waals surface area contributed by atoms with E-state index in [1.165, 1.54) is 0 Å². The topological polar surface area (TPSA) is 47.6 Å². The molecule has 4 heteroatoms. The monoisotopic (exact) mass is 311 g/mol. The molecule has 4 nitrogen and oxygen atoms in total. The van der Waals surface area contributed by atoms with Crippen molar-refractivity contribution < 1.29 is 14.3 Å². The molecular formula is C19H21NO3. The molecule has 0 atom stereocenters. The lowest BCUT2D eigenvalue weighted by molar-refractivity contribution is 0.102. The molecule has 0 aromatic heterocycles. The number of ether oxygens (including phenoxy) is 2. The zero-order valence-corrected chi connectivity index (χ0v) is 13.5. The first-order chi connectivity index (χ1) is 11.1. The van der Waals surface area contributed by atoms with Crippen LogP contribution in [0.3, 0.4) is 0 Å². The predicted molar refractivity (Wildman–Crippen MR) is 92.3 cm³/mol. The van der Waals surface area contributed by atoms with Gasteiger partial charge in [-0.05, 0) is 43.7 Å². The molecule has 0 aliphatic carbocycles. The molecule has 0 saturated carbocycles. The summed E-state index contributed by atoms with van der Waals surface area (Å²) in [6.07, 6.45) is 0. The quantitative estimate of drug-likeness (QED) is 0.776. The molecule has 0 aliphatic heterocycles. The zero-order chi connectivity index (χ0) is 16.7. The molecule has 0 unspecified atom stereocenters. The van der Waals surface area contributed by atoms with Crippen molar-refractivity contribution in [2.24, 2.45) is 0 Å². The molecule has 23 heavy (non-hydrogen) atoms. The minimum absolute atomic E-state index is 0.217. The Morgan fingerprint density at radius 3 is 2.65 bits per heavy atom. The number of hydrogen-bond acceptors (Lipinski definition) is 3. The van der Waals surface area contributed by atoms with Crippen LogP contribution in [-0.4, -0.2) is 19.1 Å². The zero-order valence-electron chi connectivity index (χ0n) is 13.5. The van der Waals surface area contributed by atoms with Crippen LogP contribution in [0.25, 0.3) is 0 Å². The molecule has 0 spiro atoms. The lowest BCUT2D eigenvalue weighted by atomic mass is 10.2. The van der Waals surface area contributed by atoms with Crippen molar-refractivity contribution in [3.8, 4) is 11.5 Å². The molecular weight excluding hydrogens is 290 g/mol. The van der Waals surface area contributed by atoms with Gasteiger partial charge in [0.25, 0.3) is 5.91 Å². The van der Waals surface area contributed by atoms with E-state index in [1.54, 1.807) is 18.2 Å². The number of para-hydroxylation sites is 1. The summed E-state index contributed by atoms with van der Waals surface area (Å²) in [5, 5.41) is 2.86. The van der Waals surface area contributed by atoms with Gasteiger partial charge >= 0.3 is 0 Å². The second-order valence-electron chi connectivity index (χ2n) is 5.16. The van der Waals surface area contributed by atoms with Crippen molar-refractivity contribution in [3.63, 3.8) is 0 Å². The molecule has 0 radical (unpaired) electrons. The van der Waals surface area contributed by atoms with E-state index in [0.717, 1.165) is 5.57 Å². The van der Waals surface area contributed by atoms with E-state index < -0.39 is 0 Å². The third-order valence-electron chi connectivity index (χ3n) is 3.01. The fraction of sp³-hybridized carbons (Fsp3) is 0.211. The lowest BCUT2D eigenvalue weighted by Gasteiger charge is -2.11. The Hall–Kier alpha value is -2.75. The van der Waals surface area contributed by atoms with Gasteiger partial charge in [-0.25, -0.2) is 0 Å². The Morgan fingerprint density at radius 1 is 1.13 bits per heavy atom. The predicted octanol–water partition coefficient (Wildman–Crippen LogP) is 4.29. The molecule has 0 fully saturated rings. The van der Waals surface area contributed by atoms with Crippen molar-refractivity contribution in [2.75, 3.05) is 18.5 Å². The molecule has 0 aliphatic rings.